The SMILES string of the molecule is CCOC(=O)CN(C)C(=O)c1ccc2c(c1)OCCO2. The van der Waals surface area contributed by atoms with Gasteiger partial charge in [0.2, 0.25) is 0 Å². The monoisotopic (exact) mass is 279 g/mol. The van der Waals surface area contributed by atoms with Crippen LogP contribution < -0.4 is 9.47 Å². The third kappa shape index (κ3) is 3.20. The number of likely N-dealkylation sites (N-methyl/N-ethyl adjacent to an activating group) is 1. The van der Waals surface area contributed by atoms with E-state index in [4.69, 9.17) is 14.2 Å². The molecule has 1 amide bonds. The second-order valence-corrected chi connectivity index (χ2v) is 4.32. The number of carbonyl (C=O) groups excluding carboxylic acids is 2. The van der Waals surface area contributed by atoms with E-state index in [0.29, 0.717) is 36.9 Å². The molecule has 0 atom stereocenters. The zero-order valence-electron chi connectivity index (χ0n) is 11.5. The van der Waals surface area contributed by atoms with Crippen molar-refractivity contribution in [2.24, 2.45) is 0 Å². The van der Waals surface area contributed by atoms with Gasteiger partial charge in [0, 0.05) is 12.6 Å². The zero-order chi connectivity index (χ0) is 14.5. The van der Waals surface area contributed by atoms with E-state index in [9.17, 15) is 9.59 Å². The van der Waals surface area contributed by atoms with Crippen LogP contribution in [0.3, 0.4) is 0 Å². The topological polar surface area (TPSA) is 65.1 Å². The number of benzene rings is 1. The maximum absolute atomic E-state index is 12.2. The fraction of sp³-hybridized carbons (Fsp3) is 0.429. The maximum Gasteiger partial charge on any atom is 0.325 e. The number of esters is 1. The first-order valence-corrected chi connectivity index (χ1v) is 6.42. The summed E-state index contributed by atoms with van der Waals surface area (Å²) in [5, 5.41) is 0. The van der Waals surface area contributed by atoms with E-state index in [1.54, 1.807) is 32.2 Å². The third-order valence-electron chi connectivity index (χ3n) is 2.81. The summed E-state index contributed by atoms with van der Waals surface area (Å²) in [5.74, 6) is 0.475. The molecule has 0 spiro atoms. The van der Waals surface area contributed by atoms with Gasteiger partial charge >= 0.3 is 5.97 Å². The lowest BCUT2D eigenvalue weighted by Gasteiger charge is -2.20. The fourth-order valence-electron chi connectivity index (χ4n) is 1.87. The standard InChI is InChI=1S/C14H17NO5/c1-3-18-13(16)9-15(2)14(17)10-4-5-11-12(8-10)20-7-6-19-11/h4-5,8H,3,6-7,9H2,1-2H3. The molecule has 0 aromatic heterocycles. The van der Waals surface area contributed by atoms with E-state index in [2.05, 4.69) is 0 Å². The molecule has 6 heteroatoms. The Balaban J connectivity index is 2.06. The highest BCUT2D eigenvalue weighted by molar-refractivity contribution is 5.96. The van der Waals surface area contributed by atoms with Crippen molar-refractivity contribution in [2.75, 3.05) is 33.4 Å². The van der Waals surface area contributed by atoms with Gasteiger partial charge in [0.1, 0.15) is 19.8 Å². The molecule has 0 radical (unpaired) electrons. The fourth-order valence-corrected chi connectivity index (χ4v) is 1.87. The van der Waals surface area contributed by atoms with Crippen molar-refractivity contribution >= 4 is 11.9 Å². The van der Waals surface area contributed by atoms with Gasteiger partial charge in [-0.05, 0) is 25.1 Å². The van der Waals surface area contributed by atoms with Crippen LogP contribution in [0.25, 0.3) is 0 Å². The van der Waals surface area contributed by atoms with Crippen molar-refractivity contribution in [1.29, 1.82) is 0 Å². The molecule has 0 N–H and O–H groups in total. The molecule has 108 valence electrons. The Morgan fingerprint density at radius 3 is 2.65 bits per heavy atom. The molecule has 1 aromatic rings. The molecule has 0 saturated heterocycles. The predicted molar refractivity (Wildman–Crippen MR) is 71.0 cm³/mol. The van der Waals surface area contributed by atoms with Gasteiger partial charge in [-0.15, -0.1) is 0 Å². The lowest BCUT2D eigenvalue weighted by molar-refractivity contribution is -0.143. The molecule has 0 unspecified atom stereocenters. The van der Waals surface area contributed by atoms with E-state index in [0.717, 1.165) is 0 Å². The van der Waals surface area contributed by atoms with Gasteiger partial charge < -0.3 is 19.1 Å². The molecule has 20 heavy (non-hydrogen) atoms. The molecule has 1 heterocycles. The molecule has 1 aliphatic rings. The minimum atomic E-state index is -0.430. The Kier molecular flexibility index (Phi) is 4.45. The molecule has 6 nitrogen and oxygen atoms in total. The molecule has 2 rings (SSSR count). The first-order valence-electron chi connectivity index (χ1n) is 6.42. The van der Waals surface area contributed by atoms with Gasteiger partial charge in [-0.25, -0.2) is 0 Å². The Morgan fingerprint density at radius 2 is 1.95 bits per heavy atom. The van der Waals surface area contributed by atoms with Gasteiger partial charge in [0.15, 0.2) is 11.5 Å². The van der Waals surface area contributed by atoms with Crippen molar-refractivity contribution in [1.82, 2.24) is 4.90 Å². The summed E-state index contributed by atoms with van der Waals surface area (Å²) in [5.41, 5.74) is 0.445. The summed E-state index contributed by atoms with van der Waals surface area (Å²) in [4.78, 5) is 24.9. The summed E-state index contributed by atoms with van der Waals surface area (Å²) in [6.07, 6.45) is 0. The lowest BCUT2D eigenvalue weighted by Crippen LogP contribution is -2.33. The Hall–Kier alpha value is -2.24. The normalized spacial score (nSPS) is 12.7. The minimum absolute atomic E-state index is 0.0822. The van der Waals surface area contributed by atoms with Crippen LogP contribution in [0.5, 0.6) is 11.5 Å². The van der Waals surface area contributed by atoms with Crippen LogP contribution in [0.4, 0.5) is 0 Å². The predicted octanol–water partition coefficient (Wildman–Crippen LogP) is 1.09. The van der Waals surface area contributed by atoms with Crippen LogP contribution in [-0.4, -0.2) is 50.2 Å². The zero-order valence-corrected chi connectivity index (χ0v) is 11.5. The summed E-state index contributed by atoms with van der Waals surface area (Å²) < 4.78 is 15.6. The van der Waals surface area contributed by atoms with E-state index in [-0.39, 0.29) is 12.5 Å². The maximum atomic E-state index is 12.2. The number of carbonyl (C=O) groups is 2. The molecule has 0 bridgehead atoms. The Bertz CT molecular complexity index is 514. The van der Waals surface area contributed by atoms with Gasteiger partial charge in [0.25, 0.3) is 5.91 Å². The lowest BCUT2D eigenvalue weighted by atomic mass is 10.1. The minimum Gasteiger partial charge on any atom is -0.486 e. The molecule has 1 aromatic carbocycles. The van der Waals surface area contributed by atoms with Crippen LogP contribution in [0, 0.1) is 0 Å². The van der Waals surface area contributed by atoms with Crippen molar-refractivity contribution in [3.63, 3.8) is 0 Å². The summed E-state index contributed by atoms with van der Waals surface area (Å²) in [6, 6.07) is 4.97. The number of nitrogens with zero attached hydrogens (tertiary/aromatic N) is 1. The molecule has 0 fully saturated rings. The summed E-state index contributed by atoms with van der Waals surface area (Å²) >= 11 is 0. The van der Waals surface area contributed by atoms with Crippen molar-refractivity contribution < 1.29 is 23.8 Å². The van der Waals surface area contributed by atoms with Crippen LogP contribution in [0.1, 0.15) is 17.3 Å². The number of amides is 1. The highest BCUT2D eigenvalue weighted by Gasteiger charge is 2.19. The smallest absolute Gasteiger partial charge is 0.325 e. The quantitative estimate of drug-likeness (QED) is 0.772. The number of fused-ring (bicyclic) bond motifs is 1. The number of ether oxygens (including phenoxy) is 3. The number of hydrogen-bond acceptors (Lipinski definition) is 5. The van der Waals surface area contributed by atoms with Gasteiger partial charge in [-0.2, -0.15) is 0 Å². The summed E-state index contributed by atoms with van der Waals surface area (Å²) in [7, 11) is 1.55. The largest absolute Gasteiger partial charge is 0.486 e. The Labute approximate surface area is 117 Å². The second-order valence-electron chi connectivity index (χ2n) is 4.32. The van der Waals surface area contributed by atoms with Gasteiger partial charge in [-0.3, -0.25) is 9.59 Å². The van der Waals surface area contributed by atoms with Gasteiger partial charge in [-0.1, -0.05) is 0 Å². The van der Waals surface area contributed by atoms with Crippen LogP contribution in [0.15, 0.2) is 18.2 Å². The van der Waals surface area contributed by atoms with E-state index < -0.39 is 5.97 Å². The van der Waals surface area contributed by atoms with Crippen molar-refractivity contribution in [3.8, 4) is 11.5 Å². The molecule has 0 saturated carbocycles. The number of hydrogen-bond donors (Lipinski definition) is 0. The third-order valence-corrected chi connectivity index (χ3v) is 2.81. The summed E-state index contributed by atoms with van der Waals surface area (Å²) in [6.45, 7) is 2.90. The average molecular weight is 279 g/mol. The molecular formula is C14H17NO5. The first-order chi connectivity index (χ1) is 9.61. The van der Waals surface area contributed by atoms with Gasteiger partial charge in [0.05, 0.1) is 6.61 Å². The van der Waals surface area contributed by atoms with Crippen LogP contribution in [0.2, 0.25) is 0 Å². The van der Waals surface area contributed by atoms with E-state index in [1.807, 2.05) is 0 Å². The van der Waals surface area contributed by atoms with E-state index >= 15 is 0 Å². The Morgan fingerprint density at radius 1 is 1.25 bits per heavy atom. The number of rotatable bonds is 4. The van der Waals surface area contributed by atoms with Crippen LogP contribution in [-0.2, 0) is 9.53 Å². The van der Waals surface area contributed by atoms with Crippen molar-refractivity contribution in [3.05, 3.63) is 23.8 Å². The van der Waals surface area contributed by atoms with E-state index in [1.165, 1.54) is 4.90 Å². The highest BCUT2D eigenvalue weighted by atomic mass is 16.6. The second kappa shape index (κ2) is 6.27. The molecular weight excluding hydrogens is 262 g/mol. The van der Waals surface area contributed by atoms with Crippen molar-refractivity contribution in [2.45, 2.75) is 6.92 Å². The van der Waals surface area contributed by atoms with Crippen LogP contribution >= 0.6 is 0 Å². The molecule has 0 aliphatic carbocycles. The first kappa shape index (κ1) is 14.2. The highest BCUT2D eigenvalue weighted by Crippen LogP contribution is 2.30. The average Bonchev–Trinajstić information content (AvgIpc) is 2.46. The molecule has 1 aliphatic heterocycles.